The van der Waals surface area contributed by atoms with Crippen LogP contribution in [-0.4, -0.2) is 22.6 Å². The molecule has 6 nitrogen and oxygen atoms in total. The highest BCUT2D eigenvalue weighted by atomic mass is 19.1. The van der Waals surface area contributed by atoms with Gasteiger partial charge in [-0.1, -0.05) is 0 Å². The van der Waals surface area contributed by atoms with Gasteiger partial charge in [0.25, 0.3) is 0 Å². The molecular formula is C16H16FN3O3. The molecule has 0 radical (unpaired) electrons. The molecule has 7 heteroatoms. The summed E-state index contributed by atoms with van der Waals surface area (Å²) in [5.74, 6) is 0.523. The molecule has 23 heavy (non-hydrogen) atoms. The van der Waals surface area contributed by atoms with Crippen LogP contribution in [0.2, 0.25) is 0 Å². The van der Waals surface area contributed by atoms with E-state index in [0.29, 0.717) is 19.3 Å². The van der Waals surface area contributed by atoms with E-state index >= 15 is 0 Å². The Hall–Kier alpha value is -2.75. The largest absolute Gasteiger partial charge is 0.478 e. The molecule has 0 bridgehead atoms. The molecule has 0 unspecified atom stereocenters. The molecule has 1 aliphatic heterocycles. The summed E-state index contributed by atoms with van der Waals surface area (Å²) in [5, 5.41) is 19.3. The van der Waals surface area contributed by atoms with Gasteiger partial charge in [-0.15, -0.1) is 12.3 Å². The first-order valence-electron chi connectivity index (χ1n) is 7.12. The Balaban J connectivity index is 1.82. The second kappa shape index (κ2) is 7.01. The summed E-state index contributed by atoms with van der Waals surface area (Å²) in [5.41, 5.74) is -0.432. The van der Waals surface area contributed by atoms with Crippen molar-refractivity contribution in [1.29, 1.82) is 0 Å². The number of rotatable bonds is 8. The van der Waals surface area contributed by atoms with Crippen molar-refractivity contribution in [3.05, 3.63) is 35.1 Å². The minimum atomic E-state index is -1.15. The van der Waals surface area contributed by atoms with E-state index in [4.69, 9.17) is 11.5 Å². The second-order valence-electron chi connectivity index (χ2n) is 5.27. The molecule has 1 amide bonds. The number of hydrogen-bond donors (Lipinski definition) is 2. The second-order valence-corrected chi connectivity index (χ2v) is 5.27. The van der Waals surface area contributed by atoms with Crippen molar-refractivity contribution in [3.8, 4) is 12.3 Å². The van der Waals surface area contributed by atoms with Crippen molar-refractivity contribution < 1.29 is 19.1 Å². The van der Waals surface area contributed by atoms with E-state index in [1.807, 2.05) is 0 Å². The first-order chi connectivity index (χ1) is 11.0. The molecule has 1 aromatic carbocycles. The van der Waals surface area contributed by atoms with E-state index in [9.17, 15) is 14.0 Å². The molecule has 1 aliphatic rings. The zero-order valence-corrected chi connectivity index (χ0v) is 12.4. The van der Waals surface area contributed by atoms with Crippen LogP contribution in [0, 0.1) is 18.2 Å². The van der Waals surface area contributed by atoms with E-state index in [2.05, 4.69) is 21.5 Å². The van der Waals surface area contributed by atoms with Crippen LogP contribution in [-0.2, 0) is 11.3 Å². The van der Waals surface area contributed by atoms with Crippen molar-refractivity contribution >= 4 is 11.9 Å². The van der Waals surface area contributed by atoms with Gasteiger partial charge in [-0.3, -0.25) is 4.79 Å². The third-order valence-electron chi connectivity index (χ3n) is 3.57. The minimum Gasteiger partial charge on any atom is -0.478 e. The van der Waals surface area contributed by atoms with Crippen LogP contribution in [0.3, 0.4) is 0 Å². The lowest BCUT2D eigenvalue weighted by Crippen LogP contribution is -2.25. The van der Waals surface area contributed by atoms with E-state index in [1.54, 1.807) is 0 Å². The Morgan fingerprint density at radius 3 is 2.70 bits per heavy atom. The normalized spacial score (nSPS) is 14.1. The number of hydrogen-bond acceptors (Lipinski definition) is 4. The minimum absolute atomic E-state index is 0.0283. The van der Waals surface area contributed by atoms with Gasteiger partial charge in [0.1, 0.15) is 5.82 Å². The molecule has 2 rings (SSSR count). The maximum absolute atomic E-state index is 13.6. The van der Waals surface area contributed by atoms with Crippen LogP contribution in [0.25, 0.3) is 0 Å². The number of aromatic carboxylic acids is 1. The van der Waals surface area contributed by atoms with Crippen LogP contribution >= 0.6 is 0 Å². The highest BCUT2D eigenvalue weighted by Gasteiger charge is 2.39. The Morgan fingerprint density at radius 1 is 1.35 bits per heavy atom. The molecule has 1 heterocycles. The number of nitrogens with zero attached hydrogens (tertiary/aromatic N) is 2. The first-order valence-corrected chi connectivity index (χ1v) is 7.12. The van der Waals surface area contributed by atoms with Crippen LogP contribution in [0.15, 0.2) is 28.4 Å². The zero-order valence-electron chi connectivity index (χ0n) is 12.4. The van der Waals surface area contributed by atoms with Gasteiger partial charge in [0, 0.05) is 37.8 Å². The van der Waals surface area contributed by atoms with Crippen molar-refractivity contribution in [2.45, 2.75) is 37.9 Å². The lowest BCUT2D eigenvalue weighted by Gasteiger charge is -2.10. The van der Waals surface area contributed by atoms with Gasteiger partial charge in [-0.05, 0) is 18.2 Å². The average Bonchev–Trinajstić information content (AvgIpc) is 3.30. The molecule has 120 valence electrons. The van der Waals surface area contributed by atoms with E-state index in [0.717, 1.165) is 6.07 Å². The number of terminal acetylenes is 1. The molecule has 0 atom stereocenters. The smallest absolute Gasteiger partial charge is 0.335 e. The summed E-state index contributed by atoms with van der Waals surface area (Å²) in [6.45, 7) is -0.0720. The number of carbonyl (C=O) groups is 2. The number of amides is 1. The molecule has 0 aromatic heterocycles. The van der Waals surface area contributed by atoms with Crippen molar-refractivity contribution in [2.75, 3.05) is 0 Å². The number of nitrogens with one attached hydrogen (secondary N) is 1. The van der Waals surface area contributed by atoms with E-state index < -0.39 is 17.4 Å². The Labute approximate surface area is 132 Å². The Morgan fingerprint density at radius 2 is 2.09 bits per heavy atom. The zero-order chi connectivity index (χ0) is 16.9. The summed E-state index contributed by atoms with van der Waals surface area (Å²) >= 11 is 0. The molecule has 0 fully saturated rings. The third-order valence-corrected chi connectivity index (χ3v) is 3.57. The number of carboxylic acids is 1. The van der Waals surface area contributed by atoms with Gasteiger partial charge in [-0.2, -0.15) is 10.2 Å². The molecule has 2 N–H and O–H groups in total. The molecule has 0 spiro atoms. The van der Waals surface area contributed by atoms with Crippen LogP contribution < -0.4 is 5.32 Å². The molecule has 0 saturated heterocycles. The quantitative estimate of drug-likeness (QED) is 0.722. The fourth-order valence-electron chi connectivity index (χ4n) is 2.11. The highest BCUT2D eigenvalue weighted by molar-refractivity contribution is 5.87. The van der Waals surface area contributed by atoms with Gasteiger partial charge in [0.2, 0.25) is 5.91 Å². The standard InChI is InChI=1S/C16H16FN3O3/c1-2-3-7-16(19-20-16)8-6-14(21)18-10-12-9-11(15(22)23)4-5-13(12)17/h1,4-5,9H,3,6-8,10H2,(H,18,21)(H,22,23). The Kier molecular flexibility index (Phi) is 5.06. The van der Waals surface area contributed by atoms with Gasteiger partial charge >= 0.3 is 5.97 Å². The van der Waals surface area contributed by atoms with Crippen LogP contribution in [0.4, 0.5) is 4.39 Å². The number of carboxylic acid groups (broad SMARTS) is 1. The number of benzene rings is 1. The maximum atomic E-state index is 13.6. The lowest BCUT2D eigenvalue weighted by atomic mass is 10.0. The predicted octanol–water partition coefficient (Wildman–Crippen LogP) is 2.50. The van der Waals surface area contributed by atoms with Crippen LogP contribution in [0.1, 0.15) is 41.6 Å². The Bertz CT molecular complexity index is 688. The van der Waals surface area contributed by atoms with E-state index in [-0.39, 0.29) is 30.0 Å². The van der Waals surface area contributed by atoms with Crippen LogP contribution in [0.5, 0.6) is 0 Å². The average molecular weight is 317 g/mol. The summed E-state index contributed by atoms with van der Waals surface area (Å²) in [6, 6.07) is 3.45. The predicted molar refractivity (Wildman–Crippen MR) is 80.1 cm³/mol. The fraction of sp³-hybridized carbons (Fsp3) is 0.375. The first kappa shape index (κ1) is 16.6. The topological polar surface area (TPSA) is 91.1 Å². The van der Waals surface area contributed by atoms with Gasteiger partial charge in [0.05, 0.1) is 5.56 Å². The number of halogens is 1. The van der Waals surface area contributed by atoms with Crippen molar-refractivity contribution in [1.82, 2.24) is 5.32 Å². The van der Waals surface area contributed by atoms with Crippen molar-refractivity contribution in [2.24, 2.45) is 10.2 Å². The SMILES string of the molecule is C#CCCC1(CCC(=O)NCc2cc(C(=O)O)ccc2F)N=N1. The van der Waals surface area contributed by atoms with Gasteiger partial charge in [-0.25, -0.2) is 9.18 Å². The summed E-state index contributed by atoms with van der Waals surface area (Å²) in [6.07, 6.45) is 7.00. The van der Waals surface area contributed by atoms with Gasteiger partial charge < -0.3 is 10.4 Å². The van der Waals surface area contributed by atoms with E-state index in [1.165, 1.54) is 12.1 Å². The fourth-order valence-corrected chi connectivity index (χ4v) is 2.11. The maximum Gasteiger partial charge on any atom is 0.335 e. The van der Waals surface area contributed by atoms with Gasteiger partial charge in [0.15, 0.2) is 5.66 Å². The third kappa shape index (κ3) is 4.61. The van der Waals surface area contributed by atoms with Crippen molar-refractivity contribution in [3.63, 3.8) is 0 Å². The highest BCUT2D eigenvalue weighted by Crippen LogP contribution is 2.37. The molecule has 0 aliphatic carbocycles. The summed E-state index contributed by atoms with van der Waals surface area (Å²) < 4.78 is 13.6. The molecule has 1 aromatic rings. The summed E-state index contributed by atoms with van der Waals surface area (Å²) in [4.78, 5) is 22.7. The summed E-state index contributed by atoms with van der Waals surface area (Å²) in [7, 11) is 0. The molecular weight excluding hydrogens is 301 g/mol. The monoisotopic (exact) mass is 317 g/mol. The lowest BCUT2D eigenvalue weighted by molar-refractivity contribution is -0.121. The number of carbonyl (C=O) groups excluding carboxylic acids is 1. The molecule has 0 saturated carbocycles.